The number of para-hydroxylation sites is 1. The third-order valence-electron chi connectivity index (χ3n) is 5.61. The lowest BCUT2D eigenvalue weighted by Gasteiger charge is -2.29. The van der Waals surface area contributed by atoms with Crippen molar-refractivity contribution in [3.8, 4) is 11.5 Å². The Labute approximate surface area is 170 Å². The molecule has 2 heterocycles. The van der Waals surface area contributed by atoms with Crippen LogP contribution < -0.4 is 14.8 Å². The first-order valence-electron chi connectivity index (χ1n) is 9.74. The van der Waals surface area contributed by atoms with Crippen LogP contribution in [0.15, 0.2) is 52.9 Å². The van der Waals surface area contributed by atoms with Crippen molar-refractivity contribution >= 4 is 16.9 Å². The summed E-state index contributed by atoms with van der Waals surface area (Å²) in [6.07, 6.45) is 0. The monoisotopic (exact) mass is 394 g/mol. The highest BCUT2D eigenvalue weighted by atomic mass is 16.7. The number of carbonyl (C=O) groups excluding carboxylic acids is 1. The van der Waals surface area contributed by atoms with Gasteiger partial charge in [-0.25, -0.2) is 0 Å². The van der Waals surface area contributed by atoms with Gasteiger partial charge in [0, 0.05) is 18.0 Å². The van der Waals surface area contributed by atoms with Crippen molar-refractivity contribution < 1.29 is 18.7 Å². The summed E-state index contributed by atoms with van der Waals surface area (Å²) in [6, 6.07) is 15.5. The van der Waals surface area contributed by atoms with E-state index in [0.29, 0.717) is 0 Å². The van der Waals surface area contributed by atoms with Crippen molar-refractivity contribution in [2.24, 2.45) is 0 Å². The maximum atomic E-state index is 12.8. The number of benzene rings is 2. The molecule has 0 radical (unpaired) electrons. The third-order valence-corrected chi connectivity index (χ3v) is 5.61. The number of amides is 1. The van der Waals surface area contributed by atoms with Gasteiger partial charge in [0.1, 0.15) is 11.3 Å². The van der Waals surface area contributed by atoms with Crippen molar-refractivity contribution in [2.45, 2.75) is 32.4 Å². The predicted octanol–water partition coefficient (Wildman–Crippen LogP) is 4.21. The molecular weight excluding hydrogens is 368 g/mol. The Hall–Kier alpha value is -2.99. The van der Waals surface area contributed by atoms with Crippen molar-refractivity contribution in [1.29, 1.82) is 0 Å². The average molecular weight is 394 g/mol. The molecule has 152 valence electrons. The van der Waals surface area contributed by atoms with Crippen LogP contribution in [0, 0.1) is 0 Å². The summed E-state index contributed by atoms with van der Waals surface area (Å²) in [5, 5.41) is 4.40. The lowest BCUT2D eigenvalue weighted by molar-refractivity contribution is -0.131. The van der Waals surface area contributed by atoms with E-state index in [1.165, 1.54) is 0 Å². The molecule has 1 aromatic heterocycles. The largest absolute Gasteiger partial charge is 0.459 e. The first-order chi connectivity index (χ1) is 13.8. The van der Waals surface area contributed by atoms with Gasteiger partial charge in [-0.1, -0.05) is 24.3 Å². The van der Waals surface area contributed by atoms with E-state index in [2.05, 4.69) is 5.32 Å². The lowest BCUT2D eigenvalue weighted by Crippen LogP contribution is -2.44. The zero-order valence-corrected chi connectivity index (χ0v) is 17.2. The number of carbonyl (C=O) groups is 1. The van der Waals surface area contributed by atoms with E-state index in [-0.39, 0.29) is 25.3 Å². The highest BCUT2D eigenvalue weighted by Gasteiger charge is 2.26. The second-order valence-corrected chi connectivity index (χ2v) is 7.91. The van der Waals surface area contributed by atoms with Crippen molar-refractivity contribution in [1.82, 2.24) is 10.2 Å². The van der Waals surface area contributed by atoms with Crippen LogP contribution in [0.5, 0.6) is 11.5 Å². The molecule has 1 N–H and O–H groups in total. The second kappa shape index (κ2) is 7.44. The molecule has 0 saturated heterocycles. The summed E-state index contributed by atoms with van der Waals surface area (Å²) >= 11 is 0. The van der Waals surface area contributed by atoms with E-state index in [0.717, 1.165) is 33.8 Å². The minimum absolute atomic E-state index is 0.00762. The van der Waals surface area contributed by atoms with E-state index in [1.807, 2.05) is 69.3 Å². The summed E-state index contributed by atoms with van der Waals surface area (Å²) in [4.78, 5) is 14.5. The highest BCUT2D eigenvalue weighted by molar-refractivity contribution is 5.80. The summed E-state index contributed by atoms with van der Waals surface area (Å²) in [5.41, 5.74) is 1.46. The number of rotatable bonds is 6. The van der Waals surface area contributed by atoms with Crippen LogP contribution in [-0.2, 0) is 10.3 Å². The molecule has 3 aromatic rings. The van der Waals surface area contributed by atoms with E-state index in [1.54, 1.807) is 11.9 Å². The van der Waals surface area contributed by atoms with Gasteiger partial charge in [0.05, 0.1) is 12.6 Å². The van der Waals surface area contributed by atoms with Gasteiger partial charge < -0.3 is 18.8 Å². The SMILES string of the molecule is CC(c1cc2ccccc2o1)N(C)C(=O)CNC(C)(C)c1ccc2c(c1)OCO2. The van der Waals surface area contributed by atoms with Gasteiger partial charge in [-0.15, -0.1) is 0 Å². The summed E-state index contributed by atoms with van der Waals surface area (Å²) in [7, 11) is 1.80. The maximum Gasteiger partial charge on any atom is 0.236 e. The molecule has 6 nitrogen and oxygen atoms in total. The molecule has 1 aliphatic rings. The molecule has 4 rings (SSSR count). The molecule has 2 aromatic carbocycles. The molecule has 29 heavy (non-hydrogen) atoms. The van der Waals surface area contributed by atoms with Crippen molar-refractivity contribution in [3.05, 3.63) is 59.9 Å². The third kappa shape index (κ3) is 3.80. The van der Waals surface area contributed by atoms with Crippen LogP contribution in [0.25, 0.3) is 11.0 Å². The number of likely N-dealkylation sites (N-methyl/N-ethyl adjacent to an activating group) is 1. The Balaban J connectivity index is 1.41. The topological polar surface area (TPSA) is 63.9 Å². The summed E-state index contributed by atoms with van der Waals surface area (Å²) in [6.45, 7) is 6.51. The Morgan fingerprint density at radius 1 is 1.14 bits per heavy atom. The Bertz CT molecular complexity index is 1010. The minimum Gasteiger partial charge on any atom is -0.459 e. The van der Waals surface area contributed by atoms with Crippen LogP contribution in [0.4, 0.5) is 0 Å². The Kier molecular flexibility index (Phi) is 4.96. The zero-order valence-electron chi connectivity index (χ0n) is 17.2. The number of nitrogens with one attached hydrogen (secondary N) is 1. The number of fused-ring (bicyclic) bond motifs is 2. The number of hydrogen-bond donors (Lipinski definition) is 1. The average Bonchev–Trinajstić information content (AvgIpc) is 3.36. The normalized spacial score (nSPS) is 14.2. The first-order valence-corrected chi connectivity index (χ1v) is 9.74. The van der Waals surface area contributed by atoms with E-state index in [4.69, 9.17) is 13.9 Å². The van der Waals surface area contributed by atoms with Crippen LogP contribution in [0.3, 0.4) is 0 Å². The molecule has 1 unspecified atom stereocenters. The van der Waals surface area contributed by atoms with Crippen LogP contribution in [-0.4, -0.2) is 31.2 Å². The molecule has 0 fully saturated rings. The van der Waals surface area contributed by atoms with Crippen LogP contribution in [0.2, 0.25) is 0 Å². The first kappa shape index (κ1) is 19.3. The van der Waals surface area contributed by atoms with Crippen molar-refractivity contribution in [3.63, 3.8) is 0 Å². The van der Waals surface area contributed by atoms with Crippen LogP contribution >= 0.6 is 0 Å². The van der Waals surface area contributed by atoms with Gasteiger partial charge in [-0.2, -0.15) is 0 Å². The molecule has 1 amide bonds. The smallest absolute Gasteiger partial charge is 0.236 e. The molecular formula is C23H26N2O4. The standard InChI is InChI=1S/C23H26N2O4/c1-15(20-11-16-7-5-6-8-18(16)29-20)25(4)22(26)13-24-23(2,3)17-9-10-19-21(12-17)28-14-27-19/h5-12,15,24H,13-14H2,1-4H3. The fraction of sp³-hybridized carbons (Fsp3) is 0.348. The van der Waals surface area contributed by atoms with Crippen LogP contribution in [0.1, 0.15) is 38.1 Å². The van der Waals surface area contributed by atoms with Gasteiger partial charge in [0.25, 0.3) is 0 Å². The lowest BCUT2D eigenvalue weighted by atomic mass is 9.94. The fourth-order valence-electron chi connectivity index (χ4n) is 3.42. The zero-order chi connectivity index (χ0) is 20.6. The highest BCUT2D eigenvalue weighted by Crippen LogP contribution is 2.35. The maximum absolute atomic E-state index is 12.8. The molecule has 6 heteroatoms. The Morgan fingerprint density at radius 3 is 2.69 bits per heavy atom. The molecule has 0 bridgehead atoms. The fourth-order valence-corrected chi connectivity index (χ4v) is 3.42. The summed E-state index contributed by atoms with van der Waals surface area (Å²) in [5.74, 6) is 2.25. The number of furan rings is 1. The van der Waals surface area contributed by atoms with Gasteiger partial charge >= 0.3 is 0 Å². The van der Waals surface area contributed by atoms with Crippen molar-refractivity contribution in [2.75, 3.05) is 20.4 Å². The number of ether oxygens (including phenoxy) is 2. The second-order valence-electron chi connectivity index (χ2n) is 7.91. The molecule has 1 aliphatic heterocycles. The number of hydrogen-bond acceptors (Lipinski definition) is 5. The predicted molar refractivity (Wildman–Crippen MR) is 111 cm³/mol. The van der Waals surface area contributed by atoms with Gasteiger partial charge in [-0.05, 0) is 50.6 Å². The van der Waals surface area contributed by atoms with Gasteiger partial charge in [0.2, 0.25) is 12.7 Å². The van der Waals surface area contributed by atoms with E-state index in [9.17, 15) is 4.79 Å². The molecule has 0 spiro atoms. The van der Waals surface area contributed by atoms with E-state index >= 15 is 0 Å². The van der Waals surface area contributed by atoms with Gasteiger partial charge in [-0.3, -0.25) is 10.1 Å². The molecule has 0 saturated carbocycles. The molecule has 1 atom stereocenters. The minimum atomic E-state index is -0.403. The summed E-state index contributed by atoms with van der Waals surface area (Å²) < 4.78 is 16.8. The van der Waals surface area contributed by atoms with Gasteiger partial charge in [0.15, 0.2) is 11.5 Å². The quantitative estimate of drug-likeness (QED) is 0.679. The van der Waals surface area contributed by atoms with E-state index < -0.39 is 5.54 Å². The number of nitrogens with zero attached hydrogens (tertiary/aromatic N) is 1. The molecule has 0 aliphatic carbocycles. The Morgan fingerprint density at radius 2 is 1.90 bits per heavy atom.